The van der Waals surface area contributed by atoms with Crippen LogP contribution in [-0.2, 0) is 107 Å². The number of benzene rings is 3. The molecule has 3 aromatic carbocycles. The van der Waals surface area contributed by atoms with Crippen molar-refractivity contribution < 1.29 is 91.7 Å². The zero-order valence-electron chi connectivity index (χ0n) is 69.0. The number of aromatic amines is 2. The lowest BCUT2D eigenvalue weighted by molar-refractivity contribution is -0.142. The van der Waals surface area contributed by atoms with Crippen LogP contribution in [0.1, 0.15) is 147 Å². The van der Waals surface area contributed by atoms with Crippen molar-refractivity contribution in [3.8, 4) is 5.75 Å². The highest BCUT2D eigenvalue weighted by Gasteiger charge is 2.38. The molecule has 0 bridgehead atoms. The van der Waals surface area contributed by atoms with Crippen molar-refractivity contribution >= 4 is 117 Å². The van der Waals surface area contributed by atoms with E-state index < -0.39 is 211 Å². The Labute approximate surface area is 703 Å². The summed E-state index contributed by atoms with van der Waals surface area (Å²) in [4.78, 5) is 242. The minimum atomic E-state index is -1.70. The molecular weight excluding hydrogens is 1590 g/mol. The van der Waals surface area contributed by atoms with Gasteiger partial charge in [-0.05, 0) is 98.6 Å². The third-order valence-corrected chi connectivity index (χ3v) is 19.7. The van der Waals surface area contributed by atoms with Crippen LogP contribution in [0.15, 0.2) is 97.6 Å². The molecule has 3 heterocycles. The van der Waals surface area contributed by atoms with Gasteiger partial charge < -0.3 is 117 Å². The van der Waals surface area contributed by atoms with Gasteiger partial charge in [-0.25, -0.2) is 9.78 Å². The van der Waals surface area contributed by atoms with Gasteiger partial charge in [-0.15, -0.1) is 0 Å². The Balaban J connectivity index is 1.15. The summed E-state index contributed by atoms with van der Waals surface area (Å²) in [5.41, 5.74) is 19.0. The van der Waals surface area contributed by atoms with E-state index in [0.717, 1.165) is 0 Å². The summed E-state index contributed by atoms with van der Waals surface area (Å²) in [6.45, 7) is 8.74. The number of nitrogens with zero attached hydrogens (tertiary/aromatic N) is 1. The summed E-state index contributed by atoms with van der Waals surface area (Å²) < 4.78 is 0. The number of nitrogens with one attached hydrogen (secondary N) is 18. The topological polar surface area (TPSA) is 657 Å². The molecule has 5 aromatic rings. The number of nitrogens with two attached hydrogens (primary N) is 3. The van der Waals surface area contributed by atoms with E-state index in [0.29, 0.717) is 46.1 Å². The first kappa shape index (κ1) is 97.3. The van der Waals surface area contributed by atoms with E-state index in [1.54, 1.807) is 88.5 Å². The largest absolute Gasteiger partial charge is 0.508 e. The molecule has 2 aromatic heterocycles. The maximum atomic E-state index is 14.8. The van der Waals surface area contributed by atoms with Crippen molar-refractivity contribution in [3.63, 3.8) is 0 Å². The molecule has 26 N–H and O–H groups in total. The van der Waals surface area contributed by atoms with Crippen molar-refractivity contribution in [3.05, 3.63) is 120 Å². The highest BCUT2D eigenvalue weighted by molar-refractivity contribution is 6.00. The quantitative estimate of drug-likeness (QED) is 0.0104. The van der Waals surface area contributed by atoms with Gasteiger partial charge in [0, 0.05) is 93.4 Å². The standard InChI is InChI=1S/C81H114N22O19/c1-7-8-18-57(80(121)122)99-77(118)60(35-46-15-10-9-11-16-46)101-78(119)62(38-49-40-86-42-91-49)94-66(108)31-33-87-79(120)68(44(4)5)103-69(110)45(6)92-75(116)61(37-48-39-89-52-19-13-12-17-51(48)52)102-74(115)56(26-29-64(83)106)98-76(117)59(36-47-21-23-50(104)24-22-47)95-67(109)41-90-70(111)58(34-43(2)3)100-71(112)53(20-14-32-88-81(84)85)96-73(114)55(25-28-63(82)105)97-72(113)54-27-30-65(107)93-54/h9-13,15-17,19,21-24,39-40,42-45,53-62,68,89,104H,7-8,14,18,20,25-38,41H2,1-6H3,(H2,82,105)(H2,83,106)(H,86,91)(H,87,120)(H,90,111)(H,92,116)(H,93,107)(H,94,108)(H,95,109)(H,96,114)(H,97,113)(H,98,117)(H,99,118)(H,100,112)(H,101,119)(H,102,115)(H,103,110)(H,121,122)(H4,84,85,88)/t45-,53-,54-,55-,56-,57-,58-,59+,60-,61-,62-,68-/m0/s1. The van der Waals surface area contributed by atoms with Gasteiger partial charge in [0.05, 0.1) is 12.9 Å². The SMILES string of the molecule is CCCC[C@H](NC(=O)[C@H](Cc1ccccc1)NC(=O)[C@H](Cc1cnc[nH]1)NC(=O)CCNC(=O)[C@@H](NC(=O)[C@H](C)NC(=O)[C@H](Cc1c[nH]c2ccccc12)NC(=O)[C@H](CCC(N)=O)NC(=O)[C@@H](Cc1ccc(O)cc1)NC(=O)CNC(=O)[C@H](CC(C)C)NC(=O)[C@H](CCCNC(=N)N)NC(=O)[C@H](CCC(N)=O)NC(=O)[C@@H]1CCC(=O)N1)C(C)C)C(=O)O. The fraction of sp³-hybridized carbons (Fsp3) is 0.494. The number of imidazole rings is 1. The van der Waals surface area contributed by atoms with E-state index in [4.69, 9.17) is 22.6 Å². The number of carboxylic acids is 1. The number of aromatic hydroxyl groups is 1. The van der Waals surface area contributed by atoms with E-state index >= 15 is 0 Å². The second-order valence-corrected chi connectivity index (χ2v) is 30.6. The van der Waals surface area contributed by atoms with Gasteiger partial charge in [0.1, 0.15) is 78.3 Å². The molecule has 1 fully saturated rings. The van der Waals surface area contributed by atoms with E-state index in [-0.39, 0.29) is 102 Å². The number of aromatic nitrogens is 3. The number of amides is 16. The Hall–Kier alpha value is -13.5. The molecule has 1 aliphatic heterocycles. The number of phenolic OH excluding ortho intramolecular Hbond substituents is 1. The molecule has 1 saturated heterocycles. The fourth-order valence-corrected chi connectivity index (χ4v) is 13.1. The molecule has 0 unspecified atom stereocenters. The van der Waals surface area contributed by atoms with Crippen molar-refractivity contribution in [2.24, 2.45) is 29.0 Å². The molecule has 12 atom stereocenters. The van der Waals surface area contributed by atoms with Gasteiger partial charge in [0.2, 0.25) is 94.5 Å². The van der Waals surface area contributed by atoms with Gasteiger partial charge in [0.25, 0.3) is 0 Å². The number of hydrogen-bond acceptors (Lipinski definition) is 20. The minimum absolute atomic E-state index is 0.0391. The van der Waals surface area contributed by atoms with Gasteiger partial charge in [-0.1, -0.05) is 108 Å². The molecular formula is C81H114N22O19. The average Bonchev–Trinajstić information content (AvgIpc) is 1.68. The number of guanidine groups is 1. The number of phenols is 1. The predicted octanol–water partition coefficient (Wildman–Crippen LogP) is -3.11. The summed E-state index contributed by atoms with van der Waals surface area (Å²) in [5.74, 6) is -16.3. The Morgan fingerprint density at radius 2 is 1.03 bits per heavy atom. The molecule has 1 aliphatic rings. The molecule has 41 heteroatoms. The third kappa shape index (κ3) is 33.3. The third-order valence-electron chi connectivity index (χ3n) is 19.7. The second-order valence-electron chi connectivity index (χ2n) is 30.6. The minimum Gasteiger partial charge on any atom is -0.508 e. The monoisotopic (exact) mass is 1700 g/mol. The number of carbonyl (C=O) groups excluding carboxylic acids is 16. The van der Waals surface area contributed by atoms with Gasteiger partial charge in [0.15, 0.2) is 5.96 Å². The highest BCUT2D eigenvalue weighted by Crippen LogP contribution is 2.21. The number of unbranched alkanes of at least 4 members (excludes halogenated alkanes) is 1. The molecule has 16 amide bonds. The summed E-state index contributed by atoms with van der Waals surface area (Å²) in [5, 5.41) is 66.9. The Morgan fingerprint density at radius 3 is 1.60 bits per heavy atom. The predicted molar refractivity (Wildman–Crippen MR) is 442 cm³/mol. The highest BCUT2D eigenvalue weighted by atomic mass is 16.4. The number of fused-ring (bicyclic) bond motifs is 1. The first-order valence-electron chi connectivity index (χ1n) is 40.4. The summed E-state index contributed by atoms with van der Waals surface area (Å²) in [7, 11) is 0. The number of rotatable bonds is 52. The molecule has 0 radical (unpaired) electrons. The van der Waals surface area contributed by atoms with Crippen molar-refractivity contribution in [2.45, 2.75) is 223 Å². The van der Waals surface area contributed by atoms with Crippen LogP contribution >= 0.6 is 0 Å². The second kappa shape index (κ2) is 49.1. The lowest BCUT2D eigenvalue weighted by Crippen LogP contribution is -2.60. The lowest BCUT2D eigenvalue weighted by atomic mass is 10.0. The van der Waals surface area contributed by atoms with E-state index in [1.165, 1.54) is 43.7 Å². The fourth-order valence-electron chi connectivity index (χ4n) is 13.1. The van der Waals surface area contributed by atoms with Crippen LogP contribution in [-0.4, -0.2) is 224 Å². The maximum Gasteiger partial charge on any atom is 0.326 e. The van der Waals surface area contributed by atoms with Crippen LogP contribution in [0, 0.1) is 17.2 Å². The number of hydrogen-bond donors (Lipinski definition) is 23. The molecule has 0 saturated carbocycles. The zero-order chi connectivity index (χ0) is 89.7. The Morgan fingerprint density at radius 1 is 0.508 bits per heavy atom. The van der Waals surface area contributed by atoms with E-state index in [2.05, 4.69) is 94.7 Å². The first-order chi connectivity index (χ1) is 58.0. The smallest absolute Gasteiger partial charge is 0.326 e. The lowest BCUT2D eigenvalue weighted by Gasteiger charge is -2.27. The number of H-pyrrole nitrogens is 2. The van der Waals surface area contributed by atoms with Crippen molar-refractivity contribution in [2.75, 3.05) is 19.6 Å². The number of aliphatic carboxylic acids is 1. The number of carboxylic acid groups (broad SMARTS) is 1. The summed E-state index contributed by atoms with van der Waals surface area (Å²) >= 11 is 0. The van der Waals surface area contributed by atoms with Gasteiger partial charge >= 0.3 is 5.97 Å². The molecule has 6 rings (SSSR count). The van der Waals surface area contributed by atoms with E-state index in [9.17, 15) is 91.7 Å². The van der Waals surface area contributed by atoms with Crippen LogP contribution in [0.2, 0.25) is 0 Å². The van der Waals surface area contributed by atoms with Crippen LogP contribution < -0.4 is 97.0 Å². The maximum absolute atomic E-state index is 14.8. The van der Waals surface area contributed by atoms with Crippen molar-refractivity contribution in [1.82, 2.24) is 94.7 Å². The van der Waals surface area contributed by atoms with Crippen LogP contribution in [0.5, 0.6) is 5.75 Å². The normalized spacial score (nSPS) is 15.0. The summed E-state index contributed by atoms with van der Waals surface area (Å²) in [6.07, 6.45) is 2.91. The number of carbonyl (C=O) groups is 17. The zero-order valence-corrected chi connectivity index (χ0v) is 69.0. The molecule has 122 heavy (non-hydrogen) atoms. The molecule has 0 spiro atoms. The van der Waals surface area contributed by atoms with Gasteiger partial charge in [-0.3, -0.25) is 82.1 Å². The first-order valence-corrected chi connectivity index (χ1v) is 40.4. The van der Waals surface area contributed by atoms with Crippen LogP contribution in [0.3, 0.4) is 0 Å². The molecule has 662 valence electrons. The van der Waals surface area contributed by atoms with E-state index in [1.807, 2.05) is 6.92 Å². The van der Waals surface area contributed by atoms with Crippen molar-refractivity contribution in [1.29, 1.82) is 5.41 Å². The van der Waals surface area contributed by atoms with Gasteiger partial charge in [-0.2, -0.15) is 0 Å². The summed E-state index contributed by atoms with van der Waals surface area (Å²) in [6, 6.07) is 4.37. The Kier molecular flexibility index (Phi) is 39.2. The Bertz CT molecular complexity index is 4470. The molecule has 41 nitrogen and oxygen atoms in total. The number of primary amides is 2. The average molecular weight is 1700 g/mol. The number of para-hydroxylation sites is 1. The molecule has 0 aliphatic carbocycles. The van der Waals surface area contributed by atoms with Crippen LogP contribution in [0.25, 0.3) is 10.9 Å². The van der Waals surface area contributed by atoms with Crippen LogP contribution in [0.4, 0.5) is 0 Å².